The van der Waals surface area contributed by atoms with E-state index in [9.17, 15) is 22.4 Å². The van der Waals surface area contributed by atoms with Gasteiger partial charge in [0.15, 0.2) is 0 Å². The molecule has 0 fully saturated rings. The van der Waals surface area contributed by atoms with Gasteiger partial charge in [0.05, 0.1) is 34.8 Å². The first-order chi connectivity index (χ1) is 16.4. The van der Waals surface area contributed by atoms with Crippen molar-refractivity contribution >= 4 is 14.5 Å². The molecule has 190 valence electrons. The number of aryl methyl sites for hydroxylation is 1. The van der Waals surface area contributed by atoms with Crippen molar-refractivity contribution in [3.05, 3.63) is 76.1 Å². The van der Waals surface area contributed by atoms with Gasteiger partial charge >= 0.3 is 14.8 Å². The van der Waals surface area contributed by atoms with E-state index in [0.29, 0.717) is 17.4 Å². The molecule has 0 aliphatic heterocycles. The van der Waals surface area contributed by atoms with Gasteiger partial charge in [0.1, 0.15) is 5.82 Å². The summed E-state index contributed by atoms with van der Waals surface area (Å²) < 4.78 is 58.7. The lowest BCUT2D eigenvalue weighted by molar-refractivity contribution is -0.137. The van der Waals surface area contributed by atoms with Crippen molar-refractivity contribution in [3.63, 3.8) is 0 Å². The number of hydrogen-bond donors (Lipinski definition) is 3. The molecule has 0 saturated heterocycles. The van der Waals surface area contributed by atoms with Crippen LogP contribution < -0.4 is 5.73 Å². The van der Waals surface area contributed by atoms with Crippen LogP contribution >= 0.6 is 8.60 Å². The molecule has 35 heavy (non-hydrogen) atoms. The number of carbonyl (C=O) groups is 1. The summed E-state index contributed by atoms with van der Waals surface area (Å²) in [5.41, 5.74) is 5.44. The lowest BCUT2D eigenvalue weighted by atomic mass is 10.0. The number of pyridine rings is 1. The Morgan fingerprint density at radius 1 is 1.20 bits per heavy atom. The summed E-state index contributed by atoms with van der Waals surface area (Å²) in [7, 11) is -2.72. The molecule has 0 aliphatic rings. The van der Waals surface area contributed by atoms with E-state index in [2.05, 4.69) is 23.9 Å². The maximum Gasteiger partial charge on any atom is 0.416 e. The first-order valence-electron chi connectivity index (χ1n) is 10.4. The van der Waals surface area contributed by atoms with Crippen LogP contribution in [0.3, 0.4) is 0 Å². The van der Waals surface area contributed by atoms with Crippen LogP contribution in [0.15, 0.2) is 36.5 Å². The molecule has 4 N–H and O–H groups in total. The fraction of sp³-hybridized carbons (Fsp3) is 0.318. The highest BCUT2D eigenvalue weighted by Crippen LogP contribution is 2.31. The standard InChI is InChI=1S/C19H17F4N4O4P.C3H8/c1-10-17(18(24)28)16(9-31-32(29)30)27(26-10)15-2-3-25-14(8-15)6-11-4-12(19(21,22)23)7-13(20)5-11;1-3-2/h2-5,7-8,29-30H,6,9H2,1H3,(H2,24,28);3H2,1-2H3. The van der Waals surface area contributed by atoms with Crippen molar-refractivity contribution in [2.75, 3.05) is 0 Å². The van der Waals surface area contributed by atoms with Crippen molar-refractivity contribution in [3.8, 4) is 5.69 Å². The smallest absolute Gasteiger partial charge is 0.365 e. The number of carbonyl (C=O) groups excluding carboxylic acids is 1. The first kappa shape index (κ1) is 28.3. The summed E-state index contributed by atoms with van der Waals surface area (Å²) in [6.45, 7) is 5.38. The number of halogens is 4. The normalized spacial score (nSPS) is 11.4. The van der Waals surface area contributed by atoms with E-state index in [1.807, 2.05) is 0 Å². The van der Waals surface area contributed by atoms with Crippen LogP contribution in [-0.2, 0) is 23.7 Å². The number of hydrogen-bond acceptors (Lipinski definition) is 6. The molecule has 13 heteroatoms. The second kappa shape index (κ2) is 12.2. The summed E-state index contributed by atoms with van der Waals surface area (Å²) in [6, 6.07) is 5.23. The Balaban J connectivity index is 0.00000137. The lowest BCUT2D eigenvalue weighted by Gasteiger charge is -2.12. The maximum absolute atomic E-state index is 13.7. The number of rotatable bonds is 7. The number of alkyl halides is 3. The summed E-state index contributed by atoms with van der Waals surface area (Å²) >= 11 is 0. The average molecular weight is 516 g/mol. The maximum atomic E-state index is 13.7. The van der Waals surface area contributed by atoms with Gasteiger partial charge in [0, 0.05) is 18.3 Å². The molecule has 1 amide bonds. The van der Waals surface area contributed by atoms with E-state index in [4.69, 9.17) is 20.0 Å². The molecule has 0 bridgehead atoms. The zero-order valence-electron chi connectivity index (χ0n) is 19.2. The molecule has 2 heterocycles. The Bertz CT molecular complexity index is 1170. The van der Waals surface area contributed by atoms with Gasteiger partial charge in [0.2, 0.25) is 0 Å². The Kier molecular flexibility index (Phi) is 9.84. The minimum absolute atomic E-state index is 0.0279. The summed E-state index contributed by atoms with van der Waals surface area (Å²) in [5.74, 6) is -1.83. The number of primary amides is 1. The van der Waals surface area contributed by atoms with E-state index in [1.54, 1.807) is 0 Å². The number of nitrogens with zero attached hydrogens (tertiary/aromatic N) is 3. The molecule has 3 aromatic rings. The van der Waals surface area contributed by atoms with E-state index < -0.39 is 38.7 Å². The Labute approximate surface area is 200 Å². The SMILES string of the molecule is CCC.Cc1nn(-c2ccnc(Cc3cc(F)cc(C(F)(F)F)c3)c2)c(COP(O)O)c1C(N)=O. The fourth-order valence-electron chi connectivity index (χ4n) is 3.18. The highest BCUT2D eigenvalue weighted by Gasteiger charge is 2.31. The monoisotopic (exact) mass is 516 g/mol. The van der Waals surface area contributed by atoms with E-state index in [0.717, 1.165) is 12.1 Å². The molecule has 0 atom stereocenters. The van der Waals surface area contributed by atoms with Gasteiger partial charge in [-0.05, 0) is 42.8 Å². The predicted molar refractivity (Wildman–Crippen MR) is 121 cm³/mol. The van der Waals surface area contributed by atoms with Gasteiger partial charge in [-0.25, -0.2) is 9.07 Å². The van der Waals surface area contributed by atoms with Crippen molar-refractivity contribution < 1.29 is 36.7 Å². The highest BCUT2D eigenvalue weighted by atomic mass is 31.2. The van der Waals surface area contributed by atoms with Gasteiger partial charge in [-0.1, -0.05) is 20.3 Å². The highest BCUT2D eigenvalue weighted by molar-refractivity contribution is 7.39. The van der Waals surface area contributed by atoms with Gasteiger partial charge < -0.3 is 20.0 Å². The topological polar surface area (TPSA) is 123 Å². The zero-order chi connectivity index (χ0) is 26.3. The molecule has 0 spiro atoms. The van der Waals surface area contributed by atoms with E-state index in [1.165, 1.54) is 36.4 Å². The quantitative estimate of drug-likeness (QED) is 0.312. The van der Waals surface area contributed by atoms with Crippen LogP contribution in [0.2, 0.25) is 0 Å². The third kappa shape index (κ3) is 7.79. The van der Waals surface area contributed by atoms with Crippen LogP contribution in [0.1, 0.15) is 58.8 Å². The molecule has 0 radical (unpaired) electrons. The molecular formula is C22H25F4N4O4P. The first-order valence-corrected chi connectivity index (χ1v) is 11.5. The summed E-state index contributed by atoms with van der Waals surface area (Å²) in [6.07, 6.45) is -2.19. The number of nitrogens with two attached hydrogens (primary N) is 1. The van der Waals surface area contributed by atoms with Crippen LogP contribution in [0, 0.1) is 12.7 Å². The van der Waals surface area contributed by atoms with Crippen molar-refractivity contribution in [1.29, 1.82) is 0 Å². The van der Waals surface area contributed by atoms with Crippen LogP contribution in [-0.4, -0.2) is 30.5 Å². The Morgan fingerprint density at radius 3 is 2.43 bits per heavy atom. The number of benzene rings is 1. The van der Waals surface area contributed by atoms with Crippen molar-refractivity contribution in [1.82, 2.24) is 14.8 Å². The van der Waals surface area contributed by atoms with Gasteiger partial charge in [-0.15, -0.1) is 0 Å². The molecular weight excluding hydrogens is 491 g/mol. The third-order valence-corrected chi connectivity index (χ3v) is 4.79. The van der Waals surface area contributed by atoms with Crippen LogP contribution in [0.25, 0.3) is 5.69 Å². The molecule has 0 unspecified atom stereocenters. The van der Waals surface area contributed by atoms with E-state index >= 15 is 0 Å². The largest absolute Gasteiger partial charge is 0.416 e. The molecule has 3 rings (SSSR count). The molecule has 2 aromatic heterocycles. The van der Waals surface area contributed by atoms with Crippen molar-refractivity contribution in [2.45, 2.75) is 46.4 Å². The Hall–Kier alpha value is -2.92. The number of aromatic nitrogens is 3. The van der Waals surface area contributed by atoms with Gasteiger partial charge in [-0.3, -0.25) is 9.78 Å². The molecule has 0 aliphatic carbocycles. The van der Waals surface area contributed by atoms with Crippen molar-refractivity contribution in [2.24, 2.45) is 5.73 Å². The average Bonchev–Trinajstić information content (AvgIpc) is 3.08. The van der Waals surface area contributed by atoms with Gasteiger partial charge in [-0.2, -0.15) is 18.3 Å². The van der Waals surface area contributed by atoms with Gasteiger partial charge in [0.25, 0.3) is 5.91 Å². The van der Waals surface area contributed by atoms with Crippen LogP contribution in [0.4, 0.5) is 17.6 Å². The summed E-state index contributed by atoms with van der Waals surface area (Å²) in [5, 5.41) is 4.23. The second-order valence-electron chi connectivity index (χ2n) is 7.44. The lowest BCUT2D eigenvalue weighted by Crippen LogP contribution is -2.15. The number of amides is 1. The minimum atomic E-state index is -4.70. The third-order valence-electron chi connectivity index (χ3n) is 4.43. The zero-order valence-corrected chi connectivity index (χ0v) is 20.1. The predicted octanol–water partition coefficient (Wildman–Crippen LogP) is 4.57. The molecule has 0 saturated carbocycles. The minimum Gasteiger partial charge on any atom is -0.365 e. The second-order valence-corrected chi connectivity index (χ2v) is 8.21. The molecule has 1 aromatic carbocycles. The molecule has 8 nitrogen and oxygen atoms in total. The fourth-order valence-corrected chi connectivity index (χ4v) is 3.42. The Morgan fingerprint density at radius 2 is 1.86 bits per heavy atom. The summed E-state index contributed by atoms with van der Waals surface area (Å²) in [4.78, 5) is 34.1. The van der Waals surface area contributed by atoms with E-state index in [-0.39, 0.29) is 28.9 Å². The van der Waals surface area contributed by atoms with Crippen LogP contribution in [0.5, 0.6) is 0 Å².